The molecule has 11 aromatic rings. The fraction of sp³-hybridized carbons (Fsp3) is 0. The van der Waals surface area contributed by atoms with Gasteiger partial charge in [-0.25, -0.2) is 0 Å². The molecular formula is C56H37NO. The van der Waals surface area contributed by atoms with E-state index in [0.29, 0.717) is 0 Å². The van der Waals surface area contributed by atoms with Crippen molar-refractivity contribution >= 4 is 60.5 Å². The molecule has 2 heteroatoms. The molecule has 0 aliphatic rings. The Labute approximate surface area is 337 Å². The summed E-state index contributed by atoms with van der Waals surface area (Å²) in [6, 6.07) is 80.6. The molecular weight excluding hydrogens is 703 g/mol. The number of para-hydroxylation sites is 1. The third-order valence-electron chi connectivity index (χ3n) is 11.5. The normalized spacial score (nSPS) is 11.4. The maximum absolute atomic E-state index is 6.42. The topological polar surface area (TPSA) is 16.4 Å². The Morgan fingerprint density at radius 2 is 0.655 bits per heavy atom. The fourth-order valence-corrected chi connectivity index (χ4v) is 8.74. The maximum atomic E-state index is 6.42. The highest BCUT2D eigenvalue weighted by molar-refractivity contribution is 6.21. The average molecular weight is 740 g/mol. The maximum Gasteiger partial charge on any atom is 0.137 e. The second-order valence-corrected chi connectivity index (χ2v) is 14.9. The lowest BCUT2D eigenvalue weighted by molar-refractivity contribution is 0.669. The lowest BCUT2D eigenvalue weighted by Gasteiger charge is -2.26. The van der Waals surface area contributed by atoms with Gasteiger partial charge in [0, 0.05) is 33.9 Å². The van der Waals surface area contributed by atoms with E-state index >= 15 is 0 Å². The molecule has 0 atom stereocenters. The summed E-state index contributed by atoms with van der Waals surface area (Å²) in [7, 11) is 0. The van der Waals surface area contributed by atoms with Gasteiger partial charge in [0.1, 0.15) is 11.2 Å². The van der Waals surface area contributed by atoms with Gasteiger partial charge < -0.3 is 9.32 Å². The molecule has 1 aromatic heterocycles. The summed E-state index contributed by atoms with van der Waals surface area (Å²) >= 11 is 0. The molecule has 0 aliphatic carbocycles. The number of hydrogen-bond donors (Lipinski definition) is 0. The summed E-state index contributed by atoms with van der Waals surface area (Å²) in [5, 5.41) is 7.25. The number of rotatable bonds is 7. The van der Waals surface area contributed by atoms with Crippen molar-refractivity contribution in [2.24, 2.45) is 0 Å². The Kier molecular flexibility index (Phi) is 8.19. The lowest BCUT2D eigenvalue weighted by atomic mass is 9.85. The van der Waals surface area contributed by atoms with Crippen LogP contribution in [0.1, 0.15) is 0 Å². The van der Waals surface area contributed by atoms with Crippen LogP contribution in [-0.4, -0.2) is 0 Å². The molecule has 0 fully saturated rings. The molecule has 1 heterocycles. The van der Waals surface area contributed by atoms with Crippen LogP contribution in [-0.2, 0) is 0 Å². The first-order valence-corrected chi connectivity index (χ1v) is 19.8. The molecule has 58 heavy (non-hydrogen) atoms. The van der Waals surface area contributed by atoms with Crippen LogP contribution >= 0.6 is 0 Å². The van der Waals surface area contributed by atoms with Gasteiger partial charge in [0.15, 0.2) is 0 Å². The van der Waals surface area contributed by atoms with E-state index in [9.17, 15) is 0 Å². The molecule has 0 saturated carbocycles. The van der Waals surface area contributed by atoms with Crippen molar-refractivity contribution in [3.8, 4) is 44.5 Å². The van der Waals surface area contributed by atoms with E-state index in [0.717, 1.165) is 39.0 Å². The summed E-state index contributed by atoms with van der Waals surface area (Å²) in [6.07, 6.45) is 0. The molecule has 2 nitrogen and oxygen atoms in total. The summed E-state index contributed by atoms with van der Waals surface area (Å²) < 4.78 is 6.42. The van der Waals surface area contributed by atoms with E-state index in [-0.39, 0.29) is 0 Å². The van der Waals surface area contributed by atoms with Crippen LogP contribution in [0.15, 0.2) is 229 Å². The van der Waals surface area contributed by atoms with Gasteiger partial charge in [-0.3, -0.25) is 0 Å². The SMILES string of the molecule is c1ccc(-c2cccc(-c3ccc(N(c4ccc(-c5c(-c6ccccc6)c6ccccc6c6ccccc56)cc4)c4ccc5c(c4)oc4ccccc45)cc3)c2)cc1. The molecule has 11 rings (SSSR count). The molecule has 0 amide bonds. The Bertz CT molecular complexity index is 3250. The van der Waals surface area contributed by atoms with Gasteiger partial charge in [0.2, 0.25) is 0 Å². The number of anilines is 3. The number of fused-ring (bicyclic) bond motifs is 6. The summed E-state index contributed by atoms with van der Waals surface area (Å²) in [6.45, 7) is 0. The van der Waals surface area contributed by atoms with Gasteiger partial charge in [-0.1, -0.05) is 170 Å². The summed E-state index contributed by atoms with van der Waals surface area (Å²) in [5.41, 5.74) is 14.5. The molecule has 0 aliphatic heterocycles. The van der Waals surface area contributed by atoms with Crippen molar-refractivity contribution in [3.05, 3.63) is 224 Å². The molecule has 0 spiro atoms. The molecule has 0 unspecified atom stereocenters. The van der Waals surface area contributed by atoms with E-state index in [1.54, 1.807) is 0 Å². The van der Waals surface area contributed by atoms with Crippen LogP contribution < -0.4 is 4.90 Å². The van der Waals surface area contributed by atoms with Crippen molar-refractivity contribution in [1.29, 1.82) is 0 Å². The number of benzene rings is 10. The number of hydrogen-bond acceptors (Lipinski definition) is 2. The van der Waals surface area contributed by atoms with Crippen molar-refractivity contribution in [2.75, 3.05) is 4.90 Å². The number of furan rings is 1. The first kappa shape index (κ1) is 33.6. The van der Waals surface area contributed by atoms with E-state index in [1.807, 2.05) is 12.1 Å². The zero-order chi connectivity index (χ0) is 38.4. The highest BCUT2D eigenvalue weighted by Gasteiger charge is 2.20. The fourth-order valence-electron chi connectivity index (χ4n) is 8.74. The first-order chi connectivity index (χ1) is 28.8. The van der Waals surface area contributed by atoms with E-state index in [2.05, 4.69) is 217 Å². The molecule has 10 aromatic carbocycles. The van der Waals surface area contributed by atoms with Gasteiger partial charge in [0.25, 0.3) is 0 Å². The van der Waals surface area contributed by atoms with Gasteiger partial charge >= 0.3 is 0 Å². The van der Waals surface area contributed by atoms with Crippen LogP contribution in [0.3, 0.4) is 0 Å². The van der Waals surface area contributed by atoms with E-state index in [4.69, 9.17) is 4.42 Å². The third-order valence-corrected chi connectivity index (χ3v) is 11.5. The predicted octanol–water partition coefficient (Wildman–Crippen LogP) is 16.0. The van der Waals surface area contributed by atoms with Crippen LogP contribution in [0.2, 0.25) is 0 Å². The van der Waals surface area contributed by atoms with Crippen molar-refractivity contribution in [1.82, 2.24) is 0 Å². The van der Waals surface area contributed by atoms with E-state index in [1.165, 1.54) is 66.1 Å². The molecule has 0 saturated heterocycles. The monoisotopic (exact) mass is 739 g/mol. The third kappa shape index (κ3) is 5.82. The highest BCUT2D eigenvalue weighted by Crippen LogP contribution is 2.46. The molecule has 272 valence electrons. The second-order valence-electron chi connectivity index (χ2n) is 14.9. The van der Waals surface area contributed by atoms with Gasteiger partial charge in [0.05, 0.1) is 0 Å². The minimum Gasteiger partial charge on any atom is -0.456 e. The zero-order valence-electron chi connectivity index (χ0n) is 31.7. The van der Waals surface area contributed by atoms with Gasteiger partial charge in [-0.2, -0.15) is 0 Å². The Morgan fingerprint density at radius 1 is 0.241 bits per heavy atom. The standard InChI is InChI=1S/C56H37NO/c1-3-14-38(15-4-1)42-18-13-19-43(36-42)39-26-30-44(31-27-39)57(46-34-35-50-49-22-11-12-25-53(49)58-54(50)37-46)45-32-28-41(29-33-45)56-52-24-10-8-21-48(52)47-20-7-9-23-51(47)55(56)40-16-5-2-6-17-40/h1-37H. The van der Waals surface area contributed by atoms with Gasteiger partial charge in [-0.05, 0) is 115 Å². The summed E-state index contributed by atoms with van der Waals surface area (Å²) in [4.78, 5) is 2.33. The van der Waals surface area contributed by atoms with E-state index < -0.39 is 0 Å². The van der Waals surface area contributed by atoms with Crippen LogP contribution in [0.5, 0.6) is 0 Å². The number of nitrogens with zero attached hydrogens (tertiary/aromatic N) is 1. The molecule has 0 N–H and O–H groups in total. The van der Waals surface area contributed by atoms with Crippen molar-refractivity contribution < 1.29 is 4.42 Å². The quantitative estimate of drug-likeness (QED) is 0.151. The minimum absolute atomic E-state index is 0.866. The van der Waals surface area contributed by atoms with Crippen molar-refractivity contribution in [2.45, 2.75) is 0 Å². The van der Waals surface area contributed by atoms with Crippen LogP contribution in [0, 0.1) is 0 Å². The van der Waals surface area contributed by atoms with Crippen LogP contribution in [0.25, 0.3) is 88.0 Å². The minimum atomic E-state index is 0.866. The van der Waals surface area contributed by atoms with Gasteiger partial charge in [-0.15, -0.1) is 0 Å². The Morgan fingerprint density at radius 3 is 1.26 bits per heavy atom. The van der Waals surface area contributed by atoms with Crippen LogP contribution in [0.4, 0.5) is 17.1 Å². The zero-order valence-corrected chi connectivity index (χ0v) is 31.7. The molecule has 0 radical (unpaired) electrons. The lowest BCUT2D eigenvalue weighted by Crippen LogP contribution is -2.09. The smallest absolute Gasteiger partial charge is 0.137 e. The first-order valence-electron chi connectivity index (χ1n) is 19.8. The molecule has 0 bridgehead atoms. The van der Waals surface area contributed by atoms with Crippen molar-refractivity contribution in [3.63, 3.8) is 0 Å². The second kappa shape index (κ2) is 14.1. The predicted molar refractivity (Wildman–Crippen MR) is 245 cm³/mol. The largest absolute Gasteiger partial charge is 0.456 e. The average Bonchev–Trinajstić information content (AvgIpc) is 3.68. The summed E-state index contributed by atoms with van der Waals surface area (Å²) in [5.74, 6) is 0. The Hall–Kier alpha value is -7.68. The Balaban J connectivity index is 1.05. The highest BCUT2D eigenvalue weighted by atomic mass is 16.3.